The normalized spacial score (nSPS) is 11.9. The monoisotopic (exact) mass is 597 g/mol. The predicted octanol–water partition coefficient (Wildman–Crippen LogP) is 5.45. The lowest BCUT2D eigenvalue weighted by Gasteiger charge is -2.33. The highest BCUT2D eigenvalue weighted by atomic mass is 32.2. The quantitative estimate of drug-likeness (QED) is 0.235. The van der Waals surface area contributed by atoms with E-state index >= 15 is 0 Å². The van der Waals surface area contributed by atoms with E-state index in [2.05, 4.69) is 5.32 Å². The Hall–Kier alpha value is -3.92. The average molecular weight is 598 g/mol. The number of benzene rings is 3. The van der Waals surface area contributed by atoms with Crippen LogP contribution in [0.2, 0.25) is 0 Å². The average Bonchev–Trinajstić information content (AvgIpc) is 2.97. The molecule has 1 unspecified atom stereocenters. The summed E-state index contributed by atoms with van der Waals surface area (Å²) in [4.78, 5) is 28.8. The maximum atomic E-state index is 14.1. The molecule has 3 aromatic rings. The number of unbranched alkanes of at least 4 members (excludes halogenated alkanes) is 1. The van der Waals surface area contributed by atoms with Crippen LogP contribution < -0.4 is 14.4 Å². The molecular weight excluding hydrogens is 557 g/mol. The minimum Gasteiger partial charge on any atom is -0.494 e. The van der Waals surface area contributed by atoms with Gasteiger partial charge >= 0.3 is 0 Å². The topological polar surface area (TPSA) is 96.0 Å². The van der Waals surface area contributed by atoms with Gasteiger partial charge in [-0.1, -0.05) is 44.5 Å². The van der Waals surface area contributed by atoms with Crippen LogP contribution in [0.25, 0.3) is 0 Å². The van der Waals surface area contributed by atoms with Gasteiger partial charge in [0.25, 0.3) is 10.0 Å². The summed E-state index contributed by atoms with van der Waals surface area (Å²) in [7, 11) is -4.27. The molecular formula is C32H40FN3O5S. The summed E-state index contributed by atoms with van der Waals surface area (Å²) in [6.45, 7) is 8.00. The largest absolute Gasteiger partial charge is 0.494 e. The van der Waals surface area contributed by atoms with Crippen LogP contribution >= 0.6 is 0 Å². The molecule has 3 aromatic carbocycles. The molecule has 42 heavy (non-hydrogen) atoms. The molecule has 0 saturated heterocycles. The summed E-state index contributed by atoms with van der Waals surface area (Å²) in [6, 6.07) is 17.5. The molecule has 0 radical (unpaired) electrons. The number of nitrogens with one attached hydrogen (secondary N) is 1. The number of aryl methyl sites for hydroxylation is 1. The molecule has 0 aliphatic heterocycles. The number of carbonyl (C=O) groups is 2. The molecule has 3 rings (SSSR count). The van der Waals surface area contributed by atoms with Crippen LogP contribution in [0.4, 0.5) is 10.1 Å². The lowest BCUT2D eigenvalue weighted by atomic mass is 10.1. The van der Waals surface area contributed by atoms with E-state index in [9.17, 15) is 22.4 Å². The van der Waals surface area contributed by atoms with Crippen LogP contribution in [0.3, 0.4) is 0 Å². The Morgan fingerprint density at radius 2 is 1.62 bits per heavy atom. The van der Waals surface area contributed by atoms with Gasteiger partial charge in [-0.05, 0) is 86.3 Å². The number of carbonyl (C=O) groups excluding carboxylic acids is 2. The van der Waals surface area contributed by atoms with Crippen molar-refractivity contribution in [1.29, 1.82) is 0 Å². The number of hydrogen-bond donors (Lipinski definition) is 1. The Morgan fingerprint density at radius 1 is 0.952 bits per heavy atom. The van der Waals surface area contributed by atoms with Crippen molar-refractivity contribution >= 4 is 27.5 Å². The molecule has 1 N–H and O–H groups in total. The number of sulfonamides is 1. The van der Waals surface area contributed by atoms with E-state index in [0.29, 0.717) is 25.3 Å². The van der Waals surface area contributed by atoms with Gasteiger partial charge in [0, 0.05) is 13.1 Å². The van der Waals surface area contributed by atoms with E-state index in [0.717, 1.165) is 40.4 Å². The Labute approximate surface area is 248 Å². The Morgan fingerprint density at radius 3 is 2.21 bits per heavy atom. The van der Waals surface area contributed by atoms with Gasteiger partial charge in [0.15, 0.2) is 0 Å². The van der Waals surface area contributed by atoms with Gasteiger partial charge in [-0.3, -0.25) is 13.9 Å². The van der Waals surface area contributed by atoms with Crippen molar-refractivity contribution in [2.45, 2.75) is 64.4 Å². The lowest BCUT2D eigenvalue weighted by molar-refractivity contribution is -0.140. The van der Waals surface area contributed by atoms with E-state index < -0.39 is 34.3 Å². The third-order valence-corrected chi connectivity index (χ3v) is 8.72. The molecule has 8 nitrogen and oxygen atoms in total. The first-order valence-corrected chi connectivity index (χ1v) is 15.7. The highest BCUT2D eigenvalue weighted by molar-refractivity contribution is 7.92. The number of halogens is 1. The lowest BCUT2D eigenvalue weighted by Crippen LogP contribution is -2.52. The zero-order valence-electron chi connectivity index (χ0n) is 24.7. The highest BCUT2D eigenvalue weighted by Crippen LogP contribution is 2.26. The fourth-order valence-corrected chi connectivity index (χ4v) is 5.95. The maximum Gasteiger partial charge on any atom is 0.264 e. The predicted molar refractivity (Wildman–Crippen MR) is 162 cm³/mol. The number of hydrogen-bond acceptors (Lipinski definition) is 5. The summed E-state index contributed by atoms with van der Waals surface area (Å²) in [5.74, 6) is -0.894. The smallest absolute Gasteiger partial charge is 0.264 e. The molecule has 0 aromatic heterocycles. The zero-order chi connectivity index (χ0) is 30.7. The second kappa shape index (κ2) is 15.3. The number of nitrogens with zero attached hydrogens (tertiary/aromatic N) is 2. The van der Waals surface area contributed by atoms with Gasteiger partial charge in [0.05, 0.1) is 17.2 Å². The minimum atomic E-state index is -4.27. The SMILES string of the molecule is CCCCNC(=O)C(CC)N(Cc1ccccc1C)C(=O)CN(c1ccc(F)cc1)S(=O)(=O)c1ccc(OCC)cc1. The van der Waals surface area contributed by atoms with Gasteiger partial charge in [0.2, 0.25) is 11.8 Å². The summed E-state index contributed by atoms with van der Waals surface area (Å²) >= 11 is 0. The summed E-state index contributed by atoms with van der Waals surface area (Å²) < 4.78 is 48.1. The molecule has 2 amide bonds. The van der Waals surface area contributed by atoms with Crippen molar-refractivity contribution in [3.05, 3.63) is 89.7 Å². The summed E-state index contributed by atoms with van der Waals surface area (Å²) in [6.07, 6.45) is 2.03. The molecule has 0 aliphatic carbocycles. The van der Waals surface area contributed by atoms with Crippen LogP contribution in [-0.2, 0) is 26.2 Å². The number of amides is 2. The van der Waals surface area contributed by atoms with Crippen LogP contribution in [-0.4, -0.2) is 50.9 Å². The molecule has 0 bridgehead atoms. The third-order valence-electron chi connectivity index (χ3n) is 6.93. The van der Waals surface area contributed by atoms with Gasteiger partial charge in [0.1, 0.15) is 24.2 Å². The Kier molecular flexibility index (Phi) is 11.9. The molecule has 0 spiro atoms. The Bertz CT molecular complexity index is 1430. The second-order valence-corrected chi connectivity index (χ2v) is 11.8. The third kappa shape index (κ3) is 8.31. The fourth-order valence-electron chi connectivity index (χ4n) is 4.53. The van der Waals surface area contributed by atoms with E-state index in [1.165, 1.54) is 29.2 Å². The first-order chi connectivity index (χ1) is 20.1. The van der Waals surface area contributed by atoms with Crippen molar-refractivity contribution in [3.63, 3.8) is 0 Å². The highest BCUT2D eigenvalue weighted by Gasteiger charge is 2.33. The number of rotatable bonds is 15. The number of anilines is 1. The van der Waals surface area contributed by atoms with Crippen LogP contribution in [0, 0.1) is 12.7 Å². The van der Waals surface area contributed by atoms with Crippen LogP contribution in [0.1, 0.15) is 51.2 Å². The van der Waals surface area contributed by atoms with E-state index in [1.807, 2.05) is 52.0 Å². The van der Waals surface area contributed by atoms with Crippen molar-refractivity contribution in [3.8, 4) is 5.75 Å². The van der Waals surface area contributed by atoms with Crippen LogP contribution in [0.15, 0.2) is 77.7 Å². The molecule has 0 saturated carbocycles. The maximum absolute atomic E-state index is 14.1. The van der Waals surface area contributed by atoms with Crippen molar-refractivity contribution in [2.75, 3.05) is 24.0 Å². The molecule has 0 aliphatic rings. The van der Waals surface area contributed by atoms with Crippen molar-refractivity contribution < 1.29 is 27.1 Å². The van der Waals surface area contributed by atoms with Crippen molar-refractivity contribution in [1.82, 2.24) is 10.2 Å². The first-order valence-electron chi connectivity index (χ1n) is 14.2. The second-order valence-electron chi connectivity index (χ2n) is 9.91. The number of ether oxygens (including phenoxy) is 1. The van der Waals surface area contributed by atoms with E-state index in [-0.39, 0.29) is 23.0 Å². The van der Waals surface area contributed by atoms with Gasteiger partial charge in [-0.15, -0.1) is 0 Å². The molecule has 1 atom stereocenters. The molecule has 10 heteroatoms. The Balaban J connectivity index is 2.03. The van der Waals surface area contributed by atoms with Crippen LogP contribution in [0.5, 0.6) is 5.75 Å². The molecule has 0 fully saturated rings. The summed E-state index contributed by atoms with van der Waals surface area (Å²) in [5, 5.41) is 2.92. The van der Waals surface area contributed by atoms with Gasteiger partial charge in [-0.25, -0.2) is 12.8 Å². The minimum absolute atomic E-state index is 0.0575. The van der Waals surface area contributed by atoms with E-state index in [1.54, 1.807) is 12.1 Å². The van der Waals surface area contributed by atoms with E-state index in [4.69, 9.17) is 4.74 Å². The standard InChI is InChI=1S/C32H40FN3O5S/c1-5-8-21-34-32(38)30(6-2)35(22-25-12-10-9-11-24(25)4)31(37)23-36(27-15-13-26(33)14-16-27)42(39,40)29-19-17-28(18-20-29)41-7-3/h9-20,30H,5-8,21-23H2,1-4H3,(H,34,38). The summed E-state index contributed by atoms with van der Waals surface area (Å²) in [5.41, 5.74) is 1.90. The molecule has 0 heterocycles. The fraction of sp³-hybridized carbons (Fsp3) is 0.375. The van der Waals surface area contributed by atoms with Gasteiger partial charge in [-0.2, -0.15) is 0 Å². The first kappa shape index (κ1) is 32.6. The van der Waals surface area contributed by atoms with Gasteiger partial charge < -0.3 is 15.0 Å². The molecule has 226 valence electrons. The van der Waals surface area contributed by atoms with Crippen molar-refractivity contribution in [2.24, 2.45) is 0 Å². The zero-order valence-corrected chi connectivity index (χ0v) is 25.5.